The number of carbonyl (C=O) groups excluding carboxylic acids is 1. The number of fused-ring (bicyclic) bond motifs is 1. The number of rotatable bonds is 2. The fraction of sp³-hybridized carbons (Fsp3) is 0.333. The third kappa shape index (κ3) is 1.29. The van der Waals surface area contributed by atoms with Crippen molar-refractivity contribution in [3.05, 3.63) is 23.0 Å². The van der Waals surface area contributed by atoms with Crippen LogP contribution in [-0.2, 0) is 4.74 Å². The zero-order valence-electron chi connectivity index (χ0n) is 7.98. The molecule has 0 atom stereocenters. The van der Waals surface area contributed by atoms with Crippen molar-refractivity contribution < 1.29 is 9.53 Å². The quantitative estimate of drug-likeness (QED) is 0.711. The number of hydrogen-bond acceptors (Lipinski definition) is 4. The first kappa shape index (κ1) is 9.21. The van der Waals surface area contributed by atoms with E-state index in [2.05, 4.69) is 4.98 Å². The number of hydrogen-bond donors (Lipinski definition) is 0. The molecule has 0 unspecified atom stereocenters. The van der Waals surface area contributed by atoms with Gasteiger partial charge in [0.1, 0.15) is 0 Å². The maximum absolute atomic E-state index is 11.5. The molecule has 0 aliphatic heterocycles. The lowest BCUT2D eigenvalue weighted by Gasteiger charge is -2.00. The minimum atomic E-state index is -0.318. The van der Waals surface area contributed by atoms with Crippen LogP contribution in [0.5, 0.6) is 0 Å². The summed E-state index contributed by atoms with van der Waals surface area (Å²) < 4.78 is 6.73. The number of thiazole rings is 1. The first-order valence-corrected chi connectivity index (χ1v) is 5.20. The average molecular weight is 210 g/mol. The number of aryl methyl sites for hydroxylation is 1. The molecular formula is C9H10N2O2S. The zero-order chi connectivity index (χ0) is 10.1. The molecule has 2 heterocycles. The molecule has 0 aromatic carbocycles. The SMILES string of the molecule is CCOC(=O)c1cnc2scc(C)n12. The van der Waals surface area contributed by atoms with E-state index in [-0.39, 0.29) is 5.97 Å². The van der Waals surface area contributed by atoms with Crippen LogP contribution in [0.3, 0.4) is 0 Å². The standard InChI is InChI=1S/C9H10N2O2S/c1-3-13-8(12)7-4-10-9-11(7)6(2)5-14-9/h4-5H,3H2,1-2H3. The summed E-state index contributed by atoms with van der Waals surface area (Å²) in [5.41, 5.74) is 1.51. The second kappa shape index (κ2) is 3.42. The Hall–Kier alpha value is -1.36. The van der Waals surface area contributed by atoms with E-state index in [1.807, 2.05) is 16.7 Å². The molecule has 2 rings (SSSR count). The summed E-state index contributed by atoms with van der Waals surface area (Å²) >= 11 is 1.51. The number of aromatic nitrogens is 2. The van der Waals surface area contributed by atoms with Gasteiger partial charge in [-0.2, -0.15) is 0 Å². The molecule has 0 saturated heterocycles. The molecule has 14 heavy (non-hydrogen) atoms. The first-order valence-electron chi connectivity index (χ1n) is 4.32. The minimum Gasteiger partial charge on any atom is -0.461 e. The van der Waals surface area contributed by atoms with Crippen molar-refractivity contribution in [3.63, 3.8) is 0 Å². The lowest BCUT2D eigenvalue weighted by Crippen LogP contribution is -2.07. The normalized spacial score (nSPS) is 10.7. The molecule has 0 bridgehead atoms. The maximum Gasteiger partial charge on any atom is 0.357 e. The smallest absolute Gasteiger partial charge is 0.357 e. The number of nitrogens with zero attached hydrogens (tertiary/aromatic N) is 2. The van der Waals surface area contributed by atoms with E-state index in [9.17, 15) is 4.79 Å². The topological polar surface area (TPSA) is 43.6 Å². The van der Waals surface area contributed by atoms with Crippen LogP contribution in [0.2, 0.25) is 0 Å². The molecule has 0 saturated carbocycles. The first-order chi connectivity index (χ1) is 6.74. The van der Waals surface area contributed by atoms with Crippen molar-refractivity contribution in [1.82, 2.24) is 9.38 Å². The van der Waals surface area contributed by atoms with Crippen molar-refractivity contribution >= 4 is 22.3 Å². The highest BCUT2D eigenvalue weighted by Crippen LogP contribution is 2.17. The van der Waals surface area contributed by atoms with Gasteiger partial charge in [-0.05, 0) is 13.8 Å². The van der Waals surface area contributed by atoms with Crippen LogP contribution in [0.25, 0.3) is 4.96 Å². The third-order valence-corrected chi connectivity index (χ3v) is 2.86. The van der Waals surface area contributed by atoms with Crippen molar-refractivity contribution in [1.29, 1.82) is 0 Å². The second-order valence-electron chi connectivity index (χ2n) is 2.86. The average Bonchev–Trinajstić information content (AvgIpc) is 2.70. The molecule has 0 aliphatic rings. The van der Waals surface area contributed by atoms with Gasteiger partial charge in [-0.25, -0.2) is 9.78 Å². The Balaban J connectivity index is 2.51. The van der Waals surface area contributed by atoms with Gasteiger partial charge in [0.05, 0.1) is 12.8 Å². The molecule has 0 amide bonds. The van der Waals surface area contributed by atoms with E-state index < -0.39 is 0 Å². The van der Waals surface area contributed by atoms with Gasteiger partial charge in [0.2, 0.25) is 0 Å². The Morgan fingerprint density at radius 2 is 2.50 bits per heavy atom. The summed E-state index contributed by atoms with van der Waals surface area (Å²) in [4.78, 5) is 16.4. The van der Waals surface area contributed by atoms with Gasteiger partial charge in [0, 0.05) is 11.1 Å². The number of ether oxygens (including phenoxy) is 1. The van der Waals surface area contributed by atoms with Crippen LogP contribution >= 0.6 is 11.3 Å². The molecule has 0 N–H and O–H groups in total. The molecule has 0 radical (unpaired) electrons. The highest BCUT2D eigenvalue weighted by atomic mass is 32.1. The van der Waals surface area contributed by atoms with Crippen LogP contribution in [0, 0.1) is 6.92 Å². The second-order valence-corrected chi connectivity index (χ2v) is 3.70. The summed E-state index contributed by atoms with van der Waals surface area (Å²) in [6, 6.07) is 0. The predicted octanol–water partition coefficient (Wildman–Crippen LogP) is 1.88. The molecule has 0 spiro atoms. The van der Waals surface area contributed by atoms with Crippen molar-refractivity contribution in [2.75, 3.05) is 6.61 Å². The summed E-state index contributed by atoms with van der Waals surface area (Å²) in [5, 5.41) is 1.96. The van der Waals surface area contributed by atoms with Crippen LogP contribution < -0.4 is 0 Å². The number of esters is 1. The Morgan fingerprint density at radius 1 is 1.71 bits per heavy atom. The maximum atomic E-state index is 11.5. The predicted molar refractivity (Wildman–Crippen MR) is 53.8 cm³/mol. The molecule has 2 aromatic rings. The van der Waals surface area contributed by atoms with E-state index in [0.29, 0.717) is 12.3 Å². The highest BCUT2D eigenvalue weighted by molar-refractivity contribution is 7.15. The van der Waals surface area contributed by atoms with Crippen molar-refractivity contribution in [2.24, 2.45) is 0 Å². The largest absolute Gasteiger partial charge is 0.461 e. The molecule has 0 fully saturated rings. The highest BCUT2D eigenvalue weighted by Gasteiger charge is 2.15. The monoisotopic (exact) mass is 210 g/mol. The molecule has 4 nitrogen and oxygen atoms in total. The Labute approximate surface area is 85.1 Å². The fourth-order valence-electron chi connectivity index (χ4n) is 1.30. The molecule has 5 heteroatoms. The van der Waals surface area contributed by atoms with E-state index in [1.165, 1.54) is 11.3 Å². The molecule has 74 valence electrons. The van der Waals surface area contributed by atoms with Crippen molar-refractivity contribution in [3.8, 4) is 0 Å². The summed E-state index contributed by atoms with van der Waals surface area (Å²) in [7, 11) is 0. The van der Waals surface area contributed by atoms with Gasteiger partial charge < -0.3 is 4.74 Å². The summed E-state index contributed by atoms with van der Waals surface area (Å²) in [5.74, 6) is -0.318. The fourth-order valence-corrected chi connectivity index (χ4v) is 2.14. The van der Waals surface area contributed by atoms with Gasteiger partial charge in [-0.15, -0.1) is 11.3 Å². The molecule has 0 aliphatic carbocycles. The van der Waals surface area contributed by atoms with E-state index in [1.54, 1.807) is 13.1 Å². The van der Waals surface area contributed by atoms with Gasteiger partial charge in [-0.3, -0.25) is 4.40 Å². The minimum absolute atomic E-state index is 0.318. The van der Waals surface area contributed by atoms with Crippen molar-refractivity contribution in [2.45, 2.75) is 13.8 Å². The van der Waals surface area contributed by atoms with E-state index in [0.717, 1.165) is 10.7 Å². The summed E-state index contributed by atoms with van der Waals surface area (Å²) in [6.45, 7) is 4.11. The third-order valence-electron chi connectivity index (χ3n) is 1.90. The van der Waals surface area contributed by atoms with Gasteiger partial charge in [0.15, 0.2) is 10.7 Å². The van der Waals surface area contributed by atoms with Crippen LogP contribution in [0.1, 0.15) is 23.1 Å². The Kier molecular flexibility index (Phi) is 2.25. The van der Waals surface area contributed by atoms with Gasteiger partial charge >= 0.3 is 5.97 Å². The molecular weight excluding hydrogens is 200 g/mol. The zero-order valence-corrected chi connectivity index (χ0v) is 8.80. The lowest BCUT2D eigenvalue weighted by molar-refractivity contribution is 0.0518. The van der Waals surface area contributed by atoms with Gasteiger partial charge in [0.25, 0.3) is 0 Å². The van der Waals surface area contributed by atoms with Crippen LogP contribution in [0.4, 0.5) is 0 Å². The Bertz CT molecular complexity index is 472. The van der Waals surface area contributed by atoms with Gasteiger partial charge in [-0.1, -0.05) is 0 Å². The lowest BCUT2D eigenvalue weighted by atomic mass is 10.4. The van der Waals surface area contributed by atoms with Crippen LogP contribution in [0.15, 0.2) is 11.6 Å². The van der Waals surface area contributed by atoms with E-state index in [4.69, 9.17) is 4.74 Å². The number of imidazole rings is 1. The number of carbonyl (C=O) groups is 1. The van der Waals surface area contributed by atoms with Crippen LogP contribution in [-0.4, -0.2) is 22.0 Å². The molecule has 2 aromatic heterocycles. The Morgan fingerprint density at radius 3 is 3.21 bits per heavy atom. The van der Waals surface area contributed by atoms with E-state index >= 15 is 0 Å². The summed E-state index contributed by atoms with van der Waals surface area (Å²) in [6.07, 6.45) is 1.55.